The number of ketones is 1. The van der Waals surface area contributed by atoms with Crippen molar-refractivity contribution in [2.24, 2.45) is 0 Å². The Hall–Kier alpha value is -4.10. The predicted molar refractivity (Wildman–Crippen MR) is 131 cm³/mol. The van der Waals surface area contributed by atoms with Crippen LogP contribution in [-0.4, -0.2) is 27.6 Å². The summed E-state index contributed by atoms with van der Waals surface area (Å²) in [6.45, 7) is 1.96. The van der Waals surface area contributed by atoms with E-state index in [9.17, 15) is 14.4 Å². The second kappa shape index (κ2) is 6.71. The third kappa shape index (κ3) is 2.50. The molecule has 2 N–H and O–H groups in total. The summed E-state index contributed by atoms with van der Waals surface area (Å²) in [5.74, 6) is -0.860. The summed E-state index contributed by atoms with van der Waals surface area (Å²) in [5, 5.41) is 4.93. The summed E-state index contributed by atoms with van der Waals surface area (Å²) >= 11 is 1.56. The van der Waals surface area contributed by atoms with E-state index in [1.165, 1.54) is 0 Å². The molecule has 0 bridgehead atoms. The van der Waals surface area contributed by atoms with Gasteiger partial charge in [0.1, 0.15) is 0 Å². The summed E-state index contributed by atoms with van der Waals surface area (Å²) in [7, 11) is 0. The number of aryl methyl sites for hydroxylation is 3. The largest absolute Gasteiger partial charge is 0.354 e. The van der Waals surface area contributed by atoms with E-state index in [-0.39, 0.29) is 11.7 Å². The first-order chi connectivity index (χ1) is 16.5. The highest BCUT2D eigenvalue weighted by Crippen LogP contribution is 2.47. The summed E-state index contributed by atoms with van der Waals surface area (Å²) in [4.78, 5) is 48.3. The number of nitrogens with zero attached hydrogens (tertiary/aromatic N) is 1. The Morgan fingerprint density at radius 1 is 0.941 bits per heavy atom. The van der Waals surface area contributed by atoms with E-state index in [4.69, 9.17) is 0 Å². The number of benzene rings is 3. The molecule has 0 fully saturated rings. The zero-order chi connectivity index (χ0) is 23.1. The van der Waals surface area contributed by atoms with Gasteiger partial charge < -0.3 is 4.98 Å². The standard InChI is InChI=1S/C27H17N3O3S/c1-12-28-18-10-8-15-20(25(18)34-12)22-21(26(32)30-27(22)33)19-16-11-14(7-9-17(16)29-23(15)19)24(31)13-5-3-2-4-6-13/h2-7,9,11,29H,8,10H2,1H3,(H,30,32,33). The lowest BCUT2D eigenvalue weighted by molar-refractivity contribution is 0.0879. The number of H-pyrrole nitrogens is 1. The molecule has 34 heavy (non-hydrogen) atoms. The third-order valence-corrected chi connectivity index (χ3v) is 7.81. The van der Waals surface area contributed by atoms with Crippen LogP contribution in [0.15, 0.2) is 48.5 Å². The van der Waals surface area contributed by atoms with Crippen LogP contribution in [0.1, 0.15) is 52.9 Å². The second-order valence-electron chi connectivity index (χ2n) is 8.73. The zero-order valence-corrected chi connectivity index (χ0v) is 18.9. The number of nitrogens with one attached hydrogen (secondary N) is 2. The van der Waals surface area contributed by atoms with Gasteiger partial charge in [0, 0.05) is 33.0 Å². The third-order valence-electron chi connectivity index (χ3n) is 6.77. The molecule has 0 unspecified atom stereocenters. The van der Waals surface area contributed by atoms with E-state index in [0.717, 1.165) is 56.0 Å². The Morgan fingerprint density at radius 3 is 2.56 bits per heavy atom. The topological polar surface area (TPSA) is 91.9 Å². The molecular formula is C27H17N3O3S. The van der Waals surface area contributed by atoms with E-state index in [1.807, 2.05) is 37.3 Å². The van der Waals surface area contributed by atoms with Gasteiger partial charge in [-0.3, -0.25) is 19.7 Å². The highest BCUT2D eigenvalue weighted by Gasteiger charge is 2.38. The quantitative estimate of drug-likeness (QED) is 0.286. The Bertz CT molecular complexity index is 1740. The maximum absolute atomic E-state index is 13.1. The Morgan fingerprint density at radius 2 is 1.74 bits per heavy atom. The molecule has 1 aliphatic heterocycles. The van der Waals surface area contributed by atoms with Gasteiger partial charge in [-0.25, -0.2) is 4.98 Å². The van der Waals surface area contributed by atoms with Gasteiger partial charge in [0.25, 0.3) is 11.8 Å². The Labute approximate surface area is 197 Å². The molecule has 1 aliphatic carbocycles. The fraction of sp³-hybridized carbons (Fsp3) is 0.111. The number of fused-ring (bicyclic) bond motifs is 10. The molecule has 2 aliphatic rings. The van der Waals surface area contributed by atoms with Gasteiger partial charge in [0.2, 0.25) is 0 Å². The maximum atomic E-state index is 13.1. The molecule has 0 saturated carbocycles. The first kappa shape index (κ1) is 19.4. The highest BCUT2D eigenvalue weighted by molar-refractivity contribution is 7.15. The van der Waals surface area contributed by atoms with Crippen LogP contribution in [-0.2, 0) is 12.8 Å². The number of carbonyl (C=O) groups is 3. The highest BCUT2D eigenvalue weighted by atomic mass is 32.1. The number of thiazole rings is 1. The average molecular weight is 464 g/mol. The van der Waals surface area contributed by atoms with Crippen LogP contribution >= 0.6 is 11.3 Å². The fourth-order valence-electron chi connectivity index (χ4n) is 5.36. The van der Waals surface area contributed by atoms with Crippen molar-refractivity contribution in [1.82, 2.24) is 15.3 Å². The van der Waals surface area contributed by atoms with Crippen molar-refractivity contribution in [3.63, 3.8) is 0 Å². The Kier molecular flexibility index (Phi) is 3.82. The van der Waals surface area contributed by atoms with Gasteiger partial charge in [-0.2, -0.15) is 0 Å². The van der Waals surface area contributed by atoms with Crippen LogP contribution < -0.4 is 5.32 Å². The number of carbonyl (C=O) groups excluding carboxylic acids is 3. The van der Waals surface area contributed by atoms with Crippen LogP contribution in [0.2, 0.25) is 0 Å². The number of amides is 2. The Balaban J connectivity index is 1.57. The lowest BCUT2D eigenvalue weighted by atomic mass is 9.85. The monoisotopic (exact) mass is 463 g/mol. The van der Waals surface area contributed by atoms with Crippen LogP contribution in [0.3, 0.4) is 0 Å². The van der Waals surface area contributed by atoms with Crippen molar-refractivity contribution in [2.45, 2.75) is 19.8 Å². The SMILES string of the molecule is Cc1nc2c(s1)-c1c3c(c4c([nH]c5ccc(C(=O)c6ccccc6)cc54)c1CC2)C(=O)NC3=O. The zero-order valence-electron chi connectivity index (χ0n) is 18.1. The molecule has 6 nitrogen and oxygen atoms in total. The molecule has 3 heterocycles. The number of imide groups is 1. The van der Waals surface area contributed by atoms with Crippen LogP contribution in [0.5, 0.6) is 0 Å². The molecule has 0 saturated heterocycles. The van der Waals surface area contributed by atoms with Gasteiger partial charge in [0.05, 0.1) is 32.2 Å². The summed E-state index contributed by atoms with van der Waals surface area (Å²) in [6, 6.07) is 14.6. The molecule has 2 aromatic heterocycles. The average Bonchev–Trinajstić information content (AvgIpc) is 3.50. The van der Waals surface area contributed by atoms with Crippen LogP contribution in [0.25, 0.3) is 32.2 Å². The normalized spacial score (nSPS) is 14.3. The number of aromatic amines is 1. The molecule has 0 radical (unpaired) electrons. The first-order valence-corrected chi connectivity index (χ1v) is 11.9. The van der Waals surface area contributed by atoms with Crippen LogP contribution in [0, 0.1) is 6.92 Å². The molecule has 164 valence electrons. The number of aromatic nitrogens is 2. The predicted octanol–water partition coefficient (Wildman–Crippen LogP) is 4.97. The molecule has 0 spiro atoms. The van der Waals surface area contributed by atoms with Gasteiger partial charge in [-0.15, -0.1) is 11.3 Å². The number of hydrogen-bond acceptors (Lipinski definition) is 5. The lowest BCUT2D eigenvalue weighted by Crippen LogP contribution is -2.20. The summed E-state index contributed by atoms with van der Waals surface area (Å²) < 4.78 is 0. The van der Waals surface area contributed by atoms with Crippen molar-refractivity contribution in [3.05, 3.63) is 87.0 Å². The molecule has 0 atom stereocenters. The van der Waals surface area contributed by atoms with Crippen molar-refractivity contribution in [3.8, 4) is 10.4 Å². The molecule has 2 amide bonds. The summed E-state index contributed by atoms with van der Waals surface area (Å²) in [6.07, 6.45) is 1.50. The fourth-order valence-corrected chi connectivity index (χ4v) is 6.41. The molecule has 7 rings (SSSR count). The lowest BCUT2D eigenvalue weighted by Gasteiger charge is -2.19. The number of rotatable bonds is 2. The van der Waals surface area contributed by atoms with Gasteiger partial charge in [-0.05, 0) is 43.5 Å². The van der Waals surface area contributed by atoms with Gasteiger partial charge in [0.15, 0.2) is 5.78 Å². The minimum absolute atomic E-state index is 0.0863. The molecular weight excluding hydrogens is 446 g/mol. The number of hydrogen-bond donors (Lipinski definition) is 2. The minimum atomic E-state index is -0.401. The van der Waals surface area contributed by atoms with E-state index in [0.29, 0.717) is 27.6 Å². The smallest absolute Gasteiger partial charge is 0.259 e. The van der Waals surface area contributed by atoms with Crippen molar-refractivity contribution in [1.29, 1.82) is 0 Å². The van der Waals surface area contributed by atoms with E-state index >= 15 is 0 Å². The van der Waals surface area contributed by atoms with E-state index in [1.54, 1.807) is 29.5 Å². The first-order valence-electron chi connectivity index (χ1n) is 11.1. The maximum Gasteiger partial charge on any atom is 0.259 e. The van der Waals surface area contributed by atoms with Gasteiger partial charge in [-0.1, -0.05) is 30.3 Å². The second-order valence-corrected chi connectivity index (χ2v) is 9.93. The van der Waals surface area contributed by atoms with Crippen LogP contribution in [0.4, 0.5) is 0 Å². The summed E-state index contributed by atoms with van der Waals surface area (Å²) in [5.41, 5.74) is 6.47. The van der Waals surface area contributed by atoms with E-state index < -0.39 is 5.91 Å². The molecule has 3 aromatic carbocycles. The van der Waals surface area contributed by atoms with E-state index in [2.05, 4.69) is 15.3 Å². The molecule has 7 heteroatoms. The van der Waals surface area contributed by atoms with Crippen molar-refractivity contribution in [2.75, 3.05) is 0 Å². The van der Waals surface area contributed by atoms with Crippen molar-refractivity contribution < 1.29 is 14.4 Å². The van der Waals surface area contributed by atoms with Gasteiger partial charge >= 0.3 is 0 Å². The van der Waals surface area contributed by atoms with Crippen molar-refractivity contribution >= 4 is 50.7 Å². The molecule has 5 aromatic rings. The minimum Gasteiger partial charge on any atom is -0.354 e.